The van der Waals surface area contributed by atoms with Gasteiger partial charge in [-0.05, 0) is 49.1 Å². The molecule has 1 aromatic heterocycles. The van der Waals surface area contributed by atoms with E-state index in [0.717, 1.165) is 17.4 Å². The largest absolute Gasteiger partial charge is 0.342 e. The molecule has 0 unspecified atom stereocenters. The first kappa shape index (κ1) is 15.4. The average molecular weight is 335 g/mol. The fraction of sp³-hybridized carbons (Fsp3) is 0.500. The Morgan fingerprint density at radius 3 is 2.67 bits per heavy atom. The number of hydrogen-bond acceptors (Lipinski definition) is 3. The Labute approximate surface area is 121 Å². The van der Waals surface area contributed by atoms with E-state index in [2.05, 4.69) is 25.8 Å². The Bertz CT molecular complexity index is 426. The molecule has 0 aliphatic rings. The molecule has 0 aromatic carbocycles. The lowest BCUT2D eigenvalue weighted by atomic mass is 10.2. The van der Waals surface area contributed by atoms with Gasteiger partial charge in [-0.25, -0.2) is 4.98 Å². The third-order valence-corrected chi connectivity index (χ3v) is 3.22. The van der Waals surface area contributed by atoms with Gasteiger partial charge in [-0.1, -0.05) is 11.6 Å². The number of carbonyl (C=O) groups is 1. The van der Waals surface area contributed by atoms with Crippen LogP contribution in [0.3, 0.4) is 0 Å². The summed E-state index contributed by atoms with van der Waals surface area (Å²) in [5.41, 5.74) is 0.429. The zero-order chi connectivity index (χ0) is 13.7. The molecule has 18 heavy (non-hydrogen) atoms. The fourth-order valence-corrected chi connectivity index (χ4v) is 2.02. The number of aromatic nitrogens is 1. The minimum Gasteiger partial charge on any atom is -0.342 e. The number of pyridine rings is 1. The maximum Gasteiger partial charge on any atom is 0.256 e. The number of halogens is 2. The molecule has 1 rings (SSSR count). The lowest BCUT2D eigenvalue weighted by molar-refractivity contribution is 0.0790. The second kappa shape index (κ2) is 7.07. The highest BCUT2D eigenvalue weighted by molar-refractivity contribution is 9.10. The molecule has 0 aliphatic carbocycles. The summed E-state index contributed by atoms with van der Waals surface area (Å²) >= 11 is 9.22. The standard InChI is InChI=1S/C12H17BrClN3O/c1-16(2)5-4-6-17(3)12(18)10-7-9(13)8-15-11(10)14/h7-8H,4-6H2,1-3H3. The van der Waals surface area contributed by atoms with E-state index in [1.54, 1.807) is 24.2 Å². The number of carbonyl (C=O) groups excluding carboxylic acids is 1. The maximum atomic E-state index is 12.2. The topological polar surface area (TPSA) is 36.4 Å². The van der Waals surface area contributed by atoms with E-state index in [9.17, 15) is 4.79 Å². The molecule has 0 aliphatic heterocycles. The molecule has 0 radical (unpaired) electrons. The molecule has 6 heteroatoms. The third-order valence-electron chi connectivity index (χ3n) is 2.48. The van der Waals surface area contributed by atoms with Gasteiger partial charge in [0.15, 0.2) is 0 Å². The highest BCUT2D eigenvalue weighted by Crippen LogP contribution is 2.19. The molecule has 0 bridgehead atoms. The van der Waals surface area contributed by atoms with Crippen LogP contribution in [-0.2, 0) is 0 Å². The van der Waals surface area contributed by atoms with E-state index in [1.807, 2.05) is 14.1 Å². The van der Waals surface area contributed by atoms with Crippen LogP contribution in [0.5, 0.6) is 0 Å². The van der Waals surface area contributed by atoms with Crippen LogP contribution in [-0.4, -0.2) is 54.9 Å². The van der Waals surface area contributed by atoms with Crippen LogP contribution >= 0.6 is 27.5 Å². The first-order valence-corrected chi connectivity index (χ1v) is 6.80. The summed E-state index contributed by atoms with van der Waals surface area (Å²) in [5, 5.41) is 0.239. The van der Waals surface area contributed by atoms with Crippen molar-refractivity contribution in [3.05, 3.63) is 27.5 Å². The van der Waals surface area contributed by atoms with Gasteiger partial charge in [0.1, 0.15) is 5.15 Å². The van der Waals surface area contributed by atoms with E-state index in [0.29, 0.717) is 12.1 Å². The van der Waals surface area contributed by atoms with Crippen LogP contribution in [0.1, 0.15) is 16.8 Å². The van der Waals surface area contributed by atoms with Crippen LogP contribution in [0.15, 0.2) is 16.7 Å². The zero-order valence-corrected chi connectivity index (χ0v) is 13.1. The molecule has 0 saturated carbocycles. The molecule has 0 atom stereocenters. The second-order valence-electron chi connectivity index (χ2n) is 4.38. The number of nitrogens with zero attached hydrogens (tertiary/aromatic N) is 3. The van der Waals surface area contributed by atoms with Gasteiger partial charge in [0, 0.05) is 24.3 Å². The normalized spacial score (nSPS) is 10.8. The smallest absolute Gasteiger partial charge is 0.256 e. The third kappa shape index (κ3) is 4.55. The molecular weight excluding hydrogens is 318 g/mol. The molecule has 0 fully saturated rings. The van der Waals surface area contributed by atoms with Gasteiger partial charge in [-0.2, -0.15) is 0 Å². The monoisotopic (exact) mass is 333 g/mol. The quantitative estimate of drug-likeness (QED) is 0.776. The van der Waals surface area contributed by atoms with Gasteiger partial charge < -0.3 is 9.80 Å². The first-order chi connectivity index (χ1) is 8.41. The van der Waals surface area contributed by atoms with Crippen molar-refractivity contribution < 1.29 is 4.79 Å². The SMILES string of the molecule is CN(C)CCCN(C)C(=O)c1cc(Br)cnc1Cl. The molecule has 4 nitrogen and oxygen atoms in total. The van der Waals surface area contributed by atoms with Crippen LogP contribution in [0.2, 0.25) is 5.15 Å². The molecule has 1 amide bonds. The molecule has 100 valence electrons. The lowest BCUT2D eigenvalue weighted by Gasteiger charge is -2.19. The highest BCUT2D eigenvalue weighted by atomic mass is 79.9. The van der Waals surface area contributed by atoms with Gasteiger partial charge in [0.2, 0.25) is 0 Å². The Hall–Kier alpha value is -0.650. The summed E-state index contributed by atoms with van der Waals surface area (Å²) in [6.07, 6.45) is 2.50. The lowest BCUT2D eigenvalue weighted by Crippen LogP contribution is -2.30. The summed E-state index contributed by atoms with van der Waals surface area (Å²) in [6, 6.07) is 1.69. The summed E-state index contributed by atoms with van der Waals surface area (Å²) < 4.78 is 0.747. The van der Waals surface area contributed by atoms with E-state index in [-0.39, 0.29) is 11.1 Å². The zero-order valence-electron chi connectivity index (χ0n) is 10.8. The van der Waals surface area contributed by atoms with Crippen molar-refractivity contribution in [2.75, 3.05) is 34.2 Å². The molecular formula is C12H17BrClN3O. The Morgan fingerprint density at radius 1 is 1.39 bits per heavy atom. The Morgan fingerprint density at radius 2 is 2.06 bits per heavy atom. The van der Waals surface area contributed by atoms with Crippen LogP contribution < -0.4 is 0 Å². The van der Waals surface area contributed by atoms with Crippen LogP contribution in [0, 0.1) is 0 Å². The number of hydrogen-bond donors (Lipinski definition) is 0. The fourth-order valence-electron chi connectivity index (χ4n) is 1.50. The van der Waals surface area contributed by atoms with Crippen LogP contribution in [0.25, 0.3) is 0 Å². The molecule has 0 saturated heterocycles. The van der Waals surface area contributed by atoms with Crippen molar-refractivity contribution in [3.8, 4) is 0 Å². The Balaban J connectivity index is 2.65. The van der Waals surface area contributed by atoms with Crippen molar-refractivity contribution in [1.29, 1.82) is 0 Å². The first-order valence-electron chi connectivity index (χ1n) is 5.63. The van der Waals surface area contributed by atoms with E-state index >= 15 is 0 Å². The predicted octanol–water partition coefficient (Wildman–Crippen LogP) is 2.52. The van der Waals surface area contributed by atoms with Gasteiger partial charge in [0.05, 0.1) is 5.56 Å². The summed E-state index contributed by atoms with van der Waals surface area (Å²) in [4.78, 5) is 19.9. The van der Waals surface area contributed by atoms with Gasteiger partial charge in [-0.15, -0.1) is 0 Å². The van der Waals surface area contributed by atoms with Crippen LogP contribution in [0.4, 0.5) is 0 Å². The summed E-state index contributed by atoms with van der Waals surface area (Å²) in [6.45, 7) is 1.64. The summed E-state index contributed by atoms with van der Waals surface area (Å²) in [5.74, 6) is -0.104. The molecule has 0 N–H and O–H groups in total. The second-order valence-corrected chi connectivity index (χ2v) is 5.65. The molecule has 1 heterocycles. The van der Waals surface area contributed by atoms with E-state index in [1.165, 1.54) is 0 Å². The minimum absolute atomic E-state index is 0.104. The molecule has 0 spiro atoms. The van der Waals surface area contributed by atoms with Crippen molar-refractivity contribution in [1.82, 2.24) is 14.8 Å². The van der Waals surface area contributed by atoms with Crippen molar-refractivity contribution >= 4 is 33.4 Å². The van der Waals surface area contributed by atoms with Gasteiger partial charge in [0.25, 0.3) is 5.91 Å². The van der Waals surface area contributed by atoms with Gasteiger partial charge in [-0.3, -0.25) is 4.79 Å². The number of amides is 1. The summed E-state index contributed by atoms with van der Waals surface area (Å²) in [7, 11) is 5.79. The average Bonchev–Trinajstić information content (AvgIpc) is 2.30. The van der Waals surface area contributed by atoms with E-state index < -0.39 is 0 Å². The number of rotatable bonds is 5. The van der Waals surface area contributed by atoms with Crippen molar-refractivity contribution in [3.63, 3.8) is 0 Å². The highest BCUT2D eigenvalue weighted by Gasteiger charge is 2.16. The molecule has 1 aromatic rings. The maximum absolute atomic E-state index is 12.2. The Kier molecular flexibility index (Phi) is 6.05. The minimum atomic E-state index is -0.104. The van der Waals surface area contributed by atoms with Crippen molar-refractivity contribution in [2.24, 2.45) is 0 Å². The van der Waals surface area contributed by atoms with Gasteiger partial charge >= 0.3 is 0 Å². The predicted molar refractivity (Wildman–Crippen MR) is 77.1 cm³/mol. The van der Waals surface area contributed by atoms with E-state index in [4.69, 9.17) is 11.6 Å². The van der Waals surface area contributed by atoms with Crippen molar-refractivity contribution in [2.45, 2.75) is 6.42 Å².